The van der Waals surface area contributed by atoms with Crippen molar-refractivity contribution in [2.45, 2.75) is 25.8 Å². The lowest BCUT2D eigenvalue weighted by molar-refractivity contribution is -0.384. The third-order valence-electron chi connectivity index (χ3n) is 6.64. The second kappa shape index (κ2) is 9.87. The molecule has 37 heavy (non-hydrogen) atoms. The first kappa shape index (κ1) is 22.9. The number of hydrogen-bond acceptors (Lipinski definition) is 7. The molecule has 9 heteroatoms. The Morgan fingerprint density at radius 1 is 0.973 bits per heavy atom. The Hall–Kier alpha value is -4.50. The molecule has 0 bridgehead atoms. The number of aromatic amines is 1. The van der Waals surface area contributed by atoms with Crippen LogP contribution in [0.15, 0.2) is 72.9 Å². The number of nitro benzene ring substituents is 1. The third-order valence-corrected chi connectivity index (χ3v) is 6.64. The van der Waals surface area contributed by atoms with Crippen LogP contribution < -0.4 is 10.1 Å². The van der Waals surface area contributed by atoms with Gasteiger partial charge in [-0.3, -0.25) is 15.0 Å². The van der Waals surface area contributed by atoms with Gasteiger partial charge in [0.1, 0.15) is 11.4 Å². The molecule has 0 aliphatic carbocycles. The van der Waals surface area contributed by atoms with E-state index in [0.717, 1.165) is 17.6 Å². The van der Waals surface area contributed by atoms with Crippen LogP contribution in [0.2, 0.25) is 0 Å². The van der Waals surface area contributed by atoms with Gasteiger partial charge in [0.15, 0.2) is 0 Å². The highest BCUT2D eigenvalue weighted by atomic mass is 16.6. The second-order valence-electron chi connectivity index (χ2n) is 9.31. The zero-order valence-electron chi connectivity index (χ0n) is 20.2. The molecule has 0 atom stereocenters. The Morgan fingerprint density at radius 3 is 2.68 bits per heavy atom. The van der Waals surface area contributed by atoms with E-state index < -0.39 is 4.92 Å². The molecule has 3 aromatic carbocycles. The minimum atomic E-state index is -0.456. The van der Waals surface area contributed by atoms with Gasteiger partial charge in [0.25, 0.3) is 5.69 Å². The van der Waals surface area contributed by atoms with Crippen molar-refractivity contribution < 1.29 is 9.66 Å². The summed E-state index contributed by atoms with van der Waals surface area (Å²) >= 11 is 0. The number of ether oxygens (including phenoxy) is 1. The van der Waals surface area contributed by atoms with E-state index in [9.17, 15) is 10.1 Å². The molecule has 0 saturated carbocycles. The molecule has 186 valence electrons. The molecule has 6 rings (SSSR count). The number of likely N-dealkylation sites (tertiary alicyclic amines) is 1. The first-order valence-corrected chi connectivity index (χ1v) is 12.4. The number of rotatable bonds is 7. The van der Waals surface area contributed by atoms with Crippen molar-refractivity contribution in [3.05, 3.63) is 88.6 Å². The number of anilines is 2. The molecule has 9 nitrogen and oxygen atoms in total. The lowest BCUT2D eigenvalue weighted by atomic mass is 10.0. The molecule has 1 aliphatic heterocycles. The smallest absolute Gasteiger partial charge is 0.273 e. The fourth-order valence-corrected chi connectivity index (χ4v) is 4.80. The van der Waals surface area contributed by atoms with Gasteiger partial charge in [0.2, 0.25) is 11.8 Å². The lowest BCUT2D eigenvalue weighted by Gasteiger charge is -2.26. The standard InChI is InChI=1S/C28H26N6O3/c35-34(36)23-5-4-6-24(17-23)37-27-25-11-12-29-26(25)31-28(32-27)30-22-10-9-20-15-19(7-8-21(20)16-22)18-33-13-2-1-3-14-33/h4-12,15-17H,1-3,13-14,18H2,(H2,29,30,31,32). The summed E-state index contributed by atoms with van der Waals surface area (Å²) in [6, 6.07) is 20.6. The van der Waals surface area contributed by atoms with Crippen molar-refractivity contribution in [3.8, 4) is 11.6 Å². The summed E-state index contributed by atoms with van der Waals surface area (Å²) in [4.78, 5) is 25.4. The summed E-state index contributed by atoms with van der Waals surface area (Å²) < 4.78 is 5.95. The Labute approximate surface area is 213 Å². The average molecular weight is 495 g/mol. The molecule has 1 saturated heterocycles. The number of aromatic nitrogens is 3. The fourth-order valence-electron chi connectivity index (χ4n) is 4.80. The van der Waals surface area contributed by atoms with E-state index in [1.807, 2.05) is 12.1 Å². The summed E-state index contributed by atoms with van der Waals surface area (Å²) in [5, 5.41) is 17.4. The maximum atomic E-state index is 11.1. The number of nitrogens with one attached hydrogen (secondary N) is 2. The van der Waals surface area contributed by atoms with Crippen LogP contribution >= 0.6 is 0 Å². The topological polar surface area (TPSA) is 109 Å². The third kappa shape index (κ3) is 5.07. The van der Waals surface area contributed by atoms with Crippen LogP contribution in [0.5, 0.6) is 11.6 Å². The summed E-state index contributed by atoms with van der Waals surface area (Å²) in [5.74, 6) is 0.987. The van der Waals surface area contributed by atoms with Gasteiger partial charge >= 0.3 is 0 Å². The van der Waals surface area contributed by atoms with Crippen LogP contribution in [0.25, 0.3) is 21.8 Å². The number of hydrogen-bond donors (Lipinski definition) is 2. The van der Waals surface area contributed by atoms with Gasteiger partial charge in [-0.25, -0.2) is 0 Å². The molecule has 0 spiro atoms. The largest absolute Gasteiger partial charge is 0.438 e. The molecule has 0 radical (unpaired) electrons. The molecule has 5 aromatic rings. The van der Waals surface area contributed by atoms with Crippen molar-refractivity contribution in [2.75, 3.05) is 18.4 Å². The predicted molar refractivity (Wildman–Crippen MR) is 143 cm³/mol. The SMILES string of the molecule is O=[N+]([O-])c1cccc(Oc2nc(Nc3ccc4cc(CN5CCCCC5)ccc4c3)nc3[nH]ccc23)c1. The molecule has 0 amide bonds. The Kier molecular flexibility index (Phi) is 6.11. The van der Waals surface area contributed by atoms with Crippen LogP contribution in [-0.4, -0.2) is 37.9 Å². The molecule has 0 unspecified atom stereocenters. The van der Waals surface area contributed by atoms with Crippen LogP contribution in [-0.2, 0) is 6.54 Å². The van der Waals surface area contributed by atoms with Crippen LogP contribution in [0.1, 0.15) is 24.8 Å². The van der Waals surface area contributed by atoms with Crippen molar-refractivity contribution in [2.24, 2.45) is 0 Å². The van der Waals surface area contributed by atoms with Gasteiger partial charge in [0, 0.05) is 24.5 Å². The number of piperidine rings is 1. The van der Waals surface area contributed by atoms with E-state index in [1.54, 1.807) is 18.3 Å². The van der Waals surface area contributed by atoms with Gasteiger partial charge < -0.3 is 15.0 Å². The second-order valence-corrected chi connectivity index (χ2v) is 9.31. The van der Waals surface area contributed by atoms with Crippen molar-refractivity contribution in [1.29, 1.82) is 0 Å². The van der Waals surface area contributed by atoms with Gasteiger partial charge in [-0.2, -0.15) is 9.97 Å². The minimum Gasteiger partial charge on any atom is -0.438 e. The summed E-state index contributed by atoms with van der Waals surface area (Å²) in [5.41, 5.74) is 2.73. The minimum absolute atomic E-state index is 0.0505. The van der Waals surface area contributed by atoms with Crippen molar-refractivity contribution in [1.82, 2.24) is 19.9 Å². The molecule has 1 aliphatic rings. The highest BCUT2D eigenvalue weighted by Gasteiger charge is 2.14. The van der Waals surface area contributed by atoms with Gasteiger partial charge in [-0.1, -0.05) is 30.7 Å². The molecule has 2 aromatic heterocycles. The van der Waals surface area contributed by atoms with Crippen molar-refractivity contribution >= 4 is 39.1 Å². The van der Waals surface area contributed by atoms with E-state index in [4.69, 9.17) is 4.74 Å². The van der Waals surface area contributed by atoms with E-state index in [1.165, 1.54) is 55.4 Å². The first-order chi connectivity index (χ1) is 18.1. The number of nitrogens with zero attached hydrogens (tertiary/aromatic N) is 4. The van der Waals surface area contributed by atoms with E-state index in [2.05, 4.69) is 55.5 Å². The molecule has 2 N–H and O–H groups in total. The van der Waals surface area contributed by atoms with Crippen molar-refractivity contribution in [3.63, 3.8) is 0 Å². The number of non-ortho nitro benzene ring substituents is 1. The van der Waals surface area contributed by atoms with Crippen LogP contribution in [0.4, 0.5) is 17.3 Å². The lowest BCUT2D eigenvalue weighted by Crippen LogP contribution is -2.29. The average Bonchev–Trinajstić information content (AvgIpc) is 3.39. The van der Waals surface area contributed by atoms with Gasteiger partial charge in [0.05, 0.1) is 16.4 Å². The normalized spacial score (nSPS) is 14.2. The van der Waals surface area contributed by atoms with E-state index in [0.29, 0.717) is 28.6 Å². The Balaban J connectivity index is 1.24. The highest BCUT2D eigenvalue weighted by molar-refractivity contribution is 5.87. The number of fused-ring (bicyclic) bond motifs is 2. The van der Waals surface area contributed by atoms with Crippen LogP contribution in [0, 0.1) is 10.1 Å². The van der Waals surface area contributed by atoms with Gasteiger partial charge in [-0.15, -0.1) is 0 Å². The number of benzene rings is 3. The Bertz CT molecular complexity index is 1590. The maximum absolute atomic E-state index is 11.1. The van der Waals surface area contributed by atoms with E-state index >= 15 is 0 Å². The quantitative estimate of drug-likeness (QED) is 0.195. The molecule has 3 heterocycles. The monoisotopic (exact) mass is 494 g/mol. The van der Waals surface area contributed by atoms with E-state index in [-0.39, 0.29) is 5.69 Å². The summed E-state index contributed by atoms with van der Waals surface area (Å²) in [6.45, 7) is 3.35. The molecule has 1 fully saturated rings. The Morgan fingerprint density at radius 2 is 1.81 bits per heavy atom. The fraction of sp³-hybridized carbons (Fsp3) is 0.214. The zero-order chi connectivity index (χ0) is 25.2. The number of nitro groups is 1. The predicted octanol–water partition coefficient (Wildman–Crippen LogP) is 6.54. The number of H-pyrrole nitrogens is 1. The van der Waals surface area contributed by atoms with Crippen LogP contribution in [0.3, 0.4) is 0 Å². The zero-order valence-corrected chi connectivity index (χ0v) is 20.2. The highest BCUT2D eigenvalue weighted by Crippen LogP contribution is 2.31. The van der Waals surface area contributed by atoms with Gasteiger partial charge in [-0.05, 0) is 72.6 Å². The molecular formula is C28H26N6O3. The maximum Gasteiger partial charge on any atom is 0.273 e. The summed E-state index contributed by atoms with van der Waals surface area (Å²) in [6.07, 6.45) is 5.67. The first-order valence-electron chi connectivity index (χ1n) is 12.4. The molecular weight excluding hydrogens is 468 g/mol. The summed E-state index contributed by atoms with van der Waals surface area (Å²) in [7, 11) is 0.